The van der Waals surface area contributed by atoms with Crippen LogP contribution in [0, 0.1) is 5.82 Å². The largest absolute Gasteiger partial charge is 0.478 e. The van der Waals surface area contributed by atoms with E-state index in [2.05, 4.69) is 0 Å². The van der Waals surface area contributed by atoms with Gasteiger partial charge in [-0.3, -0.25) is 0 Å². The molecule has 1 N–H and O–H groups in total. The zero-order valence-corrected chi connectivity index (χ0v) is 9.76. The van der Waals surface area contributed by atoms with Gasteiger partial charge in [-0.2, -0.15) is 0 Å². The molecule has 0 bridgehead atoms. The summed E-state index contributed by atoms with van der Waals surface area (Å²) in [5.41, 5.74) is 0.806. The predicted octanol–water partition coefficient (Wildman–Crippen LogP) is 2.75. The van der Waals surface area contributed by atoms with Gasteiger partial charge in [0.1, 0.15) is 17.8 Å². The van der Waals surface area contributed by atoms with Crippen LogP contribution in [-0.2, 0) is 6.54 Å². The quantitative estimate of drug-likeness (QED) is 0.905. The van der Waals surface area contributed by atoms with E-state index in [-0.39, 0.29) is 11.4 Å². The van der Waals surface area contributed by atoms with Gasteiger partial charge in [-0.1, -0.05) is 6.07 Å². The molecular formula is C13H12FNO3. The van der Waals surface area contributed by atoms with Gasteiger partial charge in [-0.05, 0) is 24.3 Å². The average Bonchev–Trinajstić information content (AvgIpc) is 2.77. The molecule has 1 aromatic carbocycles. The van der Waals surface area contributed by atoms with Crippen molar-refractivity contribution >= 4 is 11.7 Å². The maximum absolute atomic E-state index is 13.0. The molecule has 0 unspecified atom stereocenters. The van der Waals surface area contributed by atoms with Crippen LogP contribution in [-0.4, -0.2) is 18.1 Å². The first kappa shape index (κ1) is 12.2. The van der Waals surface area contributed by atoms with Crippen LogP contribution >= 0.6 is 0 Å². The van der Waals surface area contributed by atoms with Crippen LogP contribution in [0.1, 0.15) is 16.1 Å². The fraction of sp³-hybridized carbons (Fsp3) is 0.154. The molecule has 0 aliphatic carbocycles. The van der Waals surface area contributed by atoms with Crippen LogP contribution in [0.4, 0.5) is 10.1 Å². The van der Waals surface area contributed by atoms with Crippen LogP contribution in [0.15, 0.2) is 41.0 Å². The zero-order chi connectivity index (χ0) is 13.1. The molecule has 0 saturated carbocycles. The summed E-state index contributed by atoms with van der Waals surface area (Å²) in [6.07, 6.45) is 1.19. The Labute approximate surface area is 103 Å². The summed E-state index contributed by atoms with van der Waals surface area (Å²) in [6.45, 7) is 0.372. The van der Waals surface area contributed by atoms with Crippen molar-refractivity contribution < 1.29 is 18.7 Å². The molecule has 0 spiro atoms. The molecule has 0 aliphatic rings. The highest BCUT2D eigenvalue weighted by molar-refractivity contribution is 5.87. The molecule has 2 rings (SSSR count). The number of benzene rings is 1. The third-order valence-corrected chi connectivity index (χ3v) is 2.54. The van der Waals surface area contributed by atoms with Gasteiger partial charge in [0.25, 0.3) is 0 Å². The van der Waals surface area contributed by atoms with Gasteiger partial charge in [0.05, 0.1) is 12.1 Å². The predicted molar refractivity (Wildman–Crippen MR) is 64.2 cm³/mol. The minimum atomic E-state index is -1.03. The molecule has 1 heterocycles. The third-order valence-electron chi connectivity index (χ3n) is 2.54. The Hall–Kier alpha value is -2.30. The Morgan fingerprint density at radius 2 is 2.22 bits per heavy atom. The number of hydrogen-bond donors (Lipinski definition) is 1. The van der Waals surface area contributed by atoms with Crippen molar-refractivity contribution in [2.24, 2.45) is 0 Å². The summed E-state index contributed by atoms with van der Waals surface area (Å²) in [7, 11) is 1.78. The smallest absolute Gasteiger partial charge is 0.338 e. The molecule has 2 aromatic rings. The maximum Gasteiger partial charge on any atom is 0.338 e. The van der Waals surface area contributed by atoms with E-state index in [0.717, 1.165) is 0 Å². The number of aromatic carboxylic acids is 1. The van der Waals surface area contributed by atoms with E-state index in [4.69, 9.17) is 9.52 Å². The molecule has 0 fully saturated rings. The van der Waals surface area contributed by atoms with Gasteiger partial charge in [-0.25, -0.2) is 9.18 Å². The third kappa shape index (κ3) is 2.68. The number of hydrogen-bond acceptors (Lipinski definition) is 3. The van der Waals surface area contributed by atoms with Crippen LogP contribution in [0.2, 0.25) is 0 Å². The number of carboxylic acid groups (broad SMARTS) is 1. The van der Waals surface area contributed by atoms with Crippen LogP contribution in [0.25, 0.3) is 0 Å². The second-order valence-corrected chi connectivity index (χ2v) is 3.94. The summed E-state index contributed by atoms with van der Waals surface area (Å²) in [5, 5.41) is 8.76. The van der Waals surface area contributed by atoms with E-state index in [1.54, 1.807) is 24.1 Å². The van der Waals surface area contributed by atoms with Gasteiger partial charge < -0.3 is 14.4 Å². The number of halogens is 1. The van der Waals surface area contributed by atoms with Crippen LogP contribution < -0.4 is 4.90 Å². The first-order valence-electron chi connectivity index (χ1n) is 5.33. The van der Waals surface area contributed by atoms with Gasteiger partial charge in [0.2, 0.25) is 0 Å². The number of carboxylic acids is 1. The van der Waals surface area contributed by atoms with E-state index >= 15 is 0 Å². The van der Waals surface area contributed by atoms with Crippen molar-refractivity contribution in [3.63, 3.8) is 0 Å². The summed E-state index contributed by atoms with van der Waals surface area (Å²) in [4.78, 5) is 12.5. The average molecular weight is 249 g/mol. The lowest BCUT2D eigenvalue weighted by Crippen LogP contribution is -2.15. The Morgan fingerprint density at radius 3 is 2.83 bits per heavy atom. The van der Waals surface area contributed by atoms with Crippen molar-refractivity contribution in [1.82, 2.24) is 0 Å². The second-order valence-electron chi connectivity index (χ2n) is 3.94. The molecule has 0 saturated heterocycles. The lowest BCUT2D eigenvalue weighted by molar-refractivity contribution is 0.0696. The van der Waals surface area contributed by atoms with E-state index in [1.807, 2.05) is 0 Å². The highest BCUT2D eigenvalue weighted by atomic mass is 19.1. The van der Waals surface area contributed by atoms with Gasteiger partial charge in [-0.15, -0.1) is 0 Å². The molecule has 5 heteroatoms. The first-order chi connectivity index (χ1) is 8.56. The minimum absolute atomic E-state index is 0.109. The van der Waals surface area contributed by atoms with Crippen LogP contribution in [0.3, 0.4) is 0 Å². The highest BCUT2D eigenvalue weighted by Crippen LogP contribution is 2.17. The van der Waals surface area contributed by atoms with Crippen molar-refractivity contribution in [1.29, 1.82) is 0 Å². The lowest BCUT2D eigenvalue weighted by atomic mass is 10.2. The lowest BCUT2D eigenvalue weighted by Gasteiger charge is -2.17. The number of nitrogens with zero attached hydrogens (tertiary/aromatic N) is 1. The molecule has 0 aliphatic heterocycles. The van der Waals surface area contributed by atoms with Crippen molar-refractivity contribution in [3.05, 3.63) is 53.7 Å². The summed E-state index contributed by atoms with van der Waals surface area (Å²) in [5.74, 6) is -0.831. The maximum atomic E-state index is 13.0. The van der Waals surface area contributed by atoms with E-state index in [0.29, 0.717) is 18.0 Å². The Balaban J connectivity index is 2.11. The molecule has 0 atom stereocenters. The molecule has 0 amide bonds. The fourth-order valence-corrected chi connectivity index (χ4v) is 1.61. The normalized spacial score (nSPS) is 10.3. The van der Waals surface area contributed by atoms with E-state index < -0.39 is 5.97 Å². The molecule has 0 radical (unpaired) electrons. The van der Waals surface area contributed by atoms with Gasteiger partial charge >= 0.3 is 5.97 Å². The first-order valence-corrected chi connectivity index (χ1v) is 5.33. The summed E-state index contributed by atoms with van der Waals surface area (Å²) in [6, 6.07) is 7.61. The van der Waals surface area contributed by atoms with E-state index in [9.17, 15) is 9.18 Å². The second kappa shape index (κ2) is 4.91. The number of carbonyl (C=O) groups is 1. The molecular weight excluding hydrogens is 237 g/mol. The Kier molecular flexibility index (Phi) is 3.32. The van der Waals surface area contributed by atoms with Crippen molar-refractivity contribution in [2.75, 3.05) is 11.9 Å². The van der Waals surface area contributed by atoms with Crippen molar-refractivity contribution in [2.45, 2.75) is 6.54 Å². The number of anilines is 1. The van der Waals surface area contributed by atoms with Crippen molar-refractivity contribution in [3.8, 4) is 0 Å². The standard InChI is InChI=1S/C13H12FNO3/c1-15(11-4-2-3-10(14)6-11)7-12-5-9(8-18-12)13(16)17/h2-6,8H,7H2,1H3,(H,16,17). The topological polar surface area (TPSA) is 53.7 Å². The Morgan fingerprint density at radius 1 is 1.44 bits per heavy atom. The fourth-order valence-electron chi connectivity index (χ4n) is 1.61. The van der Waals surface area contributed by atoms with Crippen LogP contribution in [0.5, 0.6) is 0 Å². The monoisotopic (exact) mass is 249 g/mol. The zero-order valence-electron chi connectivity index (χ0n) is 9.76. The Bertz CT molecular complexity index is 565. The minimum Gasteiger partial charge on any atom is -0.478 e. The SMILES string of the molecule is CN(Cc1cc(C(=O)O)co1)c1cccc(F)c1. The molecule has 18 heavy (non-hydrogen) atoms. The molecule has 94 valence electrons. The number of furan rings is 1. The molecule has 1 aromatic heterocycles. The summed E-state index contributed by atoms with van der Waals surface area (Å²) >= 11 is 0. The summed E-state index contributed by atoms with van der Waals surface area (Å²) < 4.78 is 18.2. The van der Waals surface area contributed by atoms with Gasteiger partial charge in [0, 0.05) is 12.7 Å². The number of rotatable bonds is 4. The highest BCUT2D eigenvalue weighted by Gasteiger charge is 2.10. The van der Waals surface area contributed by atoms with Gasteiger partial charge in [0.15, 0.2) is 0 Å². The van der Waals surface area contributed by atoms with E-state index in [1.165, 1.54) is 24.5 Å². The molecule has 4 nitrogen and oxygen atoms in total.